The molecule has 0 unspecified atom stereocenters. The number of carbonyl (C=O) groups is 1. The van der Waals surface area contributed by atoms with Crippen LogP contribution < -0.4 is 11.1 Å². The van der Waals surface area contributed by atoms with Gasteiger partial charge in [0.25, 0.3) is 0 Å². The quantitative estimate of drug-likeness (QED) is 0.752. The number of hydrogen-bond donors (Lipinski definition) is 2. The van der Waals surface area contributed by atoms with Crippen LogP contribution in [0.1, 0.15) is 24.1 Å². The molecule has 17 heavy (non-hydrogen) atoms. The van der Waals surface area contributed by atoms with E-state index in [4.69, 9.17) is 5.73 Å². The Labute approximate surface area is 106 Å². The molecule has 6 heteroatoms. The molecule has 1 heterocycles. The number of nitrogens with two attached hydrogens (primary N) is 1. The predicted octanol–water partition coefficient (Wildman–Crippen LogP) is 1.27. The molecule has 3 N–H and O–H groups in total. The summed E-state index contributed by atoms with van der Waals surface area (Å²) >= 11 is 1.74. The van der Waals surface area contributed by atoms with E-state index < -0.39 is 0 Å². The molecule has 0 bridgehead atoms. The number of nitrogens with zero attached hydrogens (tertiary/aromatic N) is 2. The summed E-state index contributed by atoms with van der Waals surface area (Å²) in [7, 11) is 1.85. The van der Waals surface area contributed by atoms with E-state index >= 15 is 0 Å². The number of nitrogens with one attached hydrogen (secondary N) is 1. The summed E-state index contributed by atoms with van der Waals surface area (Å²) < 4.78 is 1.74. The van der Waals surface area contributed by atoms with Gasteiger partial charge in [-0.3, -0.25) is 9.48 Å². The molecule has 96 valence electrons. The molecule has 0 spiro atoms. The smallest absolute Gasteiger partial charge is 0.225 e. The van der Waals surface area contributed by atoms with Crippen LogP contribution in [0.2, 0.25) is 0 Å². The molecule has 0 fully saturated rings. The second-order valence-electron chi connectivity index (χ2n) is 3.88. The fraction of sp³-hybridized carbons (Fsp3) is 0.636. The minimum Gasteiger partial charge on any atom is -0.326 e. The van der Waals surface area contributed by atoms with Crippen molar-refractivity contribution in [2.24, 2.45) is 12.8 Å². The van der Waals surface area contributed by atoms with Crippen molar-refractivity contribution >= 4 is 23.5 Å². The van der Waals surface area contributed by atoms with Gasteiger partial charge in [0.15, 0.2) is 5.82 Å². The van der Waals surface area contributed by atoms with Crippen molar-refractivity contribution in [3.8, 4) is 0 Å². The zero-order chi connectivity index (χ0) is 12.8. The van der Waals surface area contributed by atoms with Crippen LogP contribution in [0.3, 0.4) is 0 Å². The van der Waals surface area contributed by atoms with Gasteiger partial charge in [-0.1, -0.05) is 0 Å². The van der Waals surface area contributed by atoms with Gasteiger partial charge in [0, 0.05) is 31.3 Å². The average Bonchev–Trinajstić information content (AvgIpc) is 2.54. The number of aryl methyl sites for hydroxylation is 1. The second kappa shape index (κ2) is 6.66. The summed E-state index contributed by atoms with van der Waals surface area (Å²) in [5.41, 5.74) is 7.55. The summed E-state index contributed by atoms with van der Waals surface area (Å²) in [4.78, 5) is 11.7. The van der Waals surface area contributed by atoms with Gasteiger partial charge in [0.05, 0.1) is 0 Å². The number of rotatable bonds is 6. The molecule has 1 rings (SSSR count). The highest BCUT2D eigenvalue weighted by molar-refractivity contribution is 7.98. The molecule has 0 aliphatic heterocycles. The first-order valence-electron chi connectivity index (χ1n) is 5.61. The van der Waals surface area contributed by atoms with E-state index in [2.05, 4.69) is 10.4 Å². The van der Waals surface area contributed by atoms with Crippen LogP contribution in [0.5, 0.6) is 0 Å². The van der Waals surface area contributed by atoms with E-state index in [1.165, 1.54) is 0 Å². The van der Waals surface area contributed by atoms with Gasteiger partial charge < -0.3 is 11.1 Å². The van der Waals surface area contributed by atoms with Gasteiger partial charge in [0.1, 0.15) is 0 Å². The topological polar surface area (TPSA) is 72.9 Å². The number of amides is 1. The summed E-state index contributed by atoms with van der Waals surface area (Å²) in [6.45, 7) is 2.33. The third-order valence-electron chi connectivity index (χ3n) is 2.67. The Balaban J connectivity index is 2.62. The van der Waals surface area contributed by atoms with Crippen LogP contribution in [0.15, 0.2) is 0 Å². The zero-order valence-electron chi connectivity index (χ0n) is 10.6. The van der Waals surface area contributed by atoms with E-state index in [9.17, 15) is 4.79 Å². The van der Waals surface area contributed by atoms with Crippen LogP contribution in [-0.2, 0) is 18.4 Å². The van der Waals surface area contributed by atoms with E-state index in [0.717, 1.165) is 23.4 Å². The van der Waals surface area contributed by atoms with Crippen molar-refractivity contribution in [1.29, 1.82) is 0 Å². The van der Waals surface area contributed by atoms with Crippen molar-refractivity contribution in [3.63, 3.8) is 0 Å². The highest BCUT2D eigenvalue weighted by atomic mass is 32.2. The van der Waals surface area contributed by atoms with Crippen molar-refractivity contribution in [2.75, 3.05) is 17.3 Å². The molecule has 0 aliphatic carbocycles. The molecule has 0 saturated carbocycles. The van der Waals surface area contributed by atoms with Gasteiger partial charge in [-0.2, -0.15) is 16.9 Å². The SMILES string of the molecule is CSCCCC(=O)Nc1nn(C)c(C)c1CN. The summed E-state index contributed by atoms with van der Waals surface area (Å²) in [5.74, 6) is 1.60. The molecular weight excluding hydrogens is 236 g/mol. The monoisotopic (exact) mass is 256 g/mol. The van der Waals surface area contributed by atoms with Crippen molar-refractivity contribution in [2.45, 2.75) is 26.3 Å². The Hall–Kier alpha value is -1.01. The molecular formula is C11H20N4OS. The third kappa shape index (κ3) is 3.74. The molecule has 1 aromatic heterocycles. The fourth-order valence-corrected chi connectivity index (χ4v) is 2.00. The van der Waals surface area contributed by atoms with Crippen LogP contribution >= 0.6 is 11.8 Å². The van der Waals surface area contributed by atoms with E-state index in [1.54, 1.807) is 16.4 Å². The molecule has 0 saturated heterocycles. The average molecular weight is 256 g/mol. The van der Waals surface area contributed by atoms with Gasteiger partial charge in [-0.15, -0.1) is 0 Å². The fourth-order valence-electron chi connectivity index (χ4n) is 1.57. The molecule has 0 aromatic carbocycles. The van der Waals surface area contributed by atoms with E-state index in [1.807, 2.05) is 20.2 Å². The summed E-state index contributed by atoms with van der Waals surface area (Å²) in [6, 6.07) is 0. The Morgan fingerprint density at radius 2 is 2.29 bits per heavy atom. The molecule has 1 aromatic rings. The number of aromatic nitrogens is 2. The minimum atomic E-state index is 0.00634. The van der Waals surface area contributed by atoms with Crippen LogP contribution in [-0.4, -0.2) is 27.7 Å². The number of thioether (sulfide) groups is 1. The molecule has 5 nitrogen and oxygen atoms in total. The maximum atomic E-state index is 11.7. The van der Waals surface area contributed by atoms with Gasteiger partial charge in [-0.25, -0.2) is 0 Å². The third-order valence-corrected chi connectivity index (χ3v) is 3.37. The lowest BCUT2D eigenvalue weighted by Gasteiger charge is -2.03. The van der Waals surface area contributed by atoms with Crippen LogP contribution in [0.4, 0.5) is 5.82 Å². The second-order valence-corrected chi connectivity index (χ2v) is 4.87. The predicted molar refractivity (Wildman–Crippen MR) is 72.1 cm³/mol. The number of anilines is 1. The lowest BCUT2D eigenvalue weighted by Crippen LogP contribution is -2.14. The van der Waals surface area contributed by atoms with Gasteiger partial charge in [0.2, 0.25) is 5.91 Å². The maximum Gasteiger partial charge on any atom is 0.225 e. The van der Waals surface area contributed by atoms with Crippen LogP contribution in [0.25, 0.3) is 0 Å². The lowest BCUT2D eigenvalue weighted by atomic mass is 10.2. The van der Waals surface area contributed by atoms with Crippen molar-refractivity contribution < 1.29 is 4.79 Å². The first kappa shape index (κ1) is 14.1. The van der Waals surface area contributed by atoms with Gasteiger partial charge in [-0.05, 0) is 25.4 Å². The first-order valence-corrected chi connectivity index (χ1v) is 7.00. The lowest BCUT2D eigenvalue weighted by molar-refractivity contribution is -0.116. The number of carbonyl (C=O) groups excluding carboxylic acids is 1. The Bertz CT molecular complexity index is 389. The standard InChI is InChI=1S/C11H20N4OS/c1-8-9(7-12)11(14-15(8)2)13-10(16)5-4-6-17-3/h4-7,12H2,1-3H3,(H,13,14,16). The minimum absolute atomic E-state index is 0.00634. The molecule has 1 amide bonds. The van der Waals surface area contributed by atoms with Crippen molar-refractivity contribution in [3.05, 3.63) is 11.3 Å². The highest BCUT2D eigenvalue weighted by Crippen LogP contribution is 2.17. The van der Waals surface area contributed by atoms with E-state index in [-0.39, 0.29) is 5.91 Å². The number of hydrogen-bond acceptors (Lipinski definition) is 4. The molecule has 0 aliphatic rings. The molecule has 0 atom stereocenters. The maximum absolute atomic E-state index is 11.7. The zero-order valence-corrected chi connectivity index (χ0v) is 11.4. The Morgan fingerprint density at radius 3 is 2.88 bits per heavy atom. The van der Waals surface area contributed by atoms with Crippen LogP contribution in [0, 0.1) is 6.92 Å². The van der Waals surface area contributed by atoms with E-state index in [0.29, 0.717) is 18.8 Å². The summed E-state index contributed by atoms with van der Waals surface area (Å²) in [6.07, 6.45) is 3.45. The molecule has 0 radical (unpaired) electrons. The van der Waals surface area contributed by atoms with Crippen molar-refractivity contribution in [1.82, 2.24) is 9.78 Å². The first-order chi connectivity index (χ1) is 8.10. The largest absolute Gasteiger partial charge is 0.326 e. The van der Waals surface area contributed by atoms with Gasteiger partial charge >= 0.3 is 0 Å². The highest BCUT2D eigenvalue weighted by Gasteiger charge is 2.13. The Morgan fingerprint density at radius 1 is 1.59 bits per heavy atom. The summed E-state index contributed by atoms with van der Waals surface area (Å²) in [5, 5.41) is 7.07. The normalized spacial score (nSPS) is 10.6. The Kier molecular flexibility index (Phi) is 5.50.